The highest BCUT2D eigenvalue weighted by molar-refractivity contribution is 7.92. The van der Waals surface area contributed by atoms with Gasteiger partial charge in [-0.15, -0.1) is 0 Å². The molecule has 0 aliphatic heterocycles. The average molecular weight is 485 g/mol. The molecule has 0 bridgehead atoms. The minimum atomic E-state index is -4.66. The average Bonchev–Trinajstić information content (AvgIpc) is 2.74. The van der Waals surface area contributed by atoms with Crippen molar-refractivity contribution >= 4 is 39.0 Å². The molecule has 1 heterocycles. The smallest absolute Gasteiger partial charge is 0.334 e. The lowest BCUT2D eigenvalue weighted by Gasteiger charge is -2.13. The molecule has 0 atom stereocenters. The number of carbonyl (C=O) groups is 1. The van der Waals surface area contributed by atoms with Crippen molar-refractivity contribution in [3.63, 3.8) is 0 Å². The number of hydrogen-bond acceptors (Lipinski definition) is 4. The summed E-state index contributed by atoms with van der Waals surface area (Å²) in [6.45, 7) is 0.244. The monoisotopic (exact) mass is 484 g/mol. The fourth-order valence-corrected chi connectivity index (χ4v) is 3.85. The van der Waals surface area contributed by atoms with Gasteiger partial charge < -0.3 is 10.6 Å². The van der Waals surface area contributed by atoms with Gasteiger partial charge in [0.1, 0.15) is 0 Å². The van der Waals surface area contributed by atoms with E-state index in [9.17, 15) is 26.4 Å². The predicted molar refractivity (Wildman–Crippen MR) is 114 cm³/mol. The van der Waals surface area contributed by atoms with E-state index in [0.717, 1.165) is 17.7 Å². The molecule has 0 aliphatic carbocycles. The van der Waals surface area contributed by atoms with E-state index >= 15 is 0 Å². The third-order valence-corrected chi connectivity index (χ3v) is 5.85. The minimum absolute atomic E-state index is 0.190. The first-order chi connectivity index (χ1) is 15.0. The maximum absolute atomic E-state index is 12.9. The van der Waals surface area contributed by atoms with Crippen molar-refractivity contribution in [1.29, 1.82) is 0 Å². The molecule has 0 aliphatic rings. The predicted octanol–water partition coefficient (Wildman–Crippen LogP) is 4.88. The lowest BCUT2D eigenvalue weighted by molar-refractivity contribution is -0.137. The molecule has 0 unspecified atom stereocenters. The molecule has 0 spiro atoms. The molecule has 0 saturated heterocycles. The molecule has 3 N–H and O–H groups in total. The van der Waals surface area contributed by atoms with Gasteiger partial charge in [-0.25, -0.2) is 13.2 Å². The Morgan fingerprint density at radius 2 is 1.78 bits per heavy atom. The minimum Gasteiger partial charge on any atom is -0.334 e. The molecule has 1 aromatic heterocycles. The van der Waals surface area contributed by atoms with Crippen LogP contribution in [0.3, 0.4) is 0 Å². The molecule has 0 fully saturated rings. The number of alkyl halides is 3. The first-order valence-corrected chi connectivity index (χ1v) is 10.8. The van der Waals surface area contributed by atoms with Crippen molar-refractivity contribution in [2.24, 2.45) is 0 Å². The summed E-state index contributed by atoms with van der Waals surface area (Å²) in [4.78, 5) is 15.7. The van der Waals surface area contributed by atoms with Crippen molar-refractivity contribution in [2.45, 2.75) is 17.6 Å². The van der Waals surface area contributed by atoms with Gasteiger partial charge in [0, 0.05) is 24.6 Å². The normalized spacial score (nSPS) is 11.6. The second-order valence-electron chi connectivity index (χ2n) is 6.49. The molecule has 3 aromatic rings. The molecule has 0 radical (unpaired) electrons. The summed E-state index contributed by atoms with van der Waals surface area (Å²) in [6, 6.07) is 10.4. The number of aromatic nitrogens is 1. The summed E-state index contributed by atoms with van der Waals surface area (Å²) in [5.41, 5.74) is -0.344. The van der Waals surface area contributed by atoms with Gasteiger partial charge in [-0.1, -0.05) is 17.7 Å². The van der Waals surface area contributed by atoms with E-state index < -0.39 is 33.5 Å². The Hall–Kier alpha value is -3.31. The quantitative estimate of drug-likeness (QED) is 0.464. The number of anilines is 2. The Labute approximate surface area is 186 Å². The number of rotatable bonds is 6. The van der Waals surface area contributed by atoms with Gasteiger partial charge in [0.05, 0.1) is 21.2 Å². The van der Waals surface area contributed by atoms with E-state index in [2.05, 4.69) is 15.6 Å². The Balaban J connectivity index is 1.66. The summed E-state index contributed by atoms with van der Waals surface area (Å²) in [7, 11) is -4.23. The Kier molecular flexibility index (Phi) is 6.90. The van der Waals surface area contributed by atoms with Gasteiger partial charge in [0.15, 0.2) is 0 Å². The number of benzene rings is 2. The number of carbonyl (C=O) groups excluding carboxylic acids is 1. The highest BCUT2D eigenvalue weighted by atomic mass is 35.5. The number of hydrogen-bond donors (Lipinski definition) is 3. The number of halogens is 4. The maximum Gasteiger partial charge on any atom is 0.416 e. The van der Waals surface area contributed by atoms with Gasteiger partial charge in [-0.05, 0) is 54.1 Å². The van der Waals surface area contributed by atoms with Crippen molar-refractivity contribution < 1.29 is 26.4 Å². The summed E-state index contributed by atoms with van der Waals surface area (Å²) >= 11 is 5.84. The van der Waals surface area contributed by atoms with E-state index in [0.29, 0.717) is 11.8 Å². The van der Waals surface area contributed by atoms with E-state index in [4.69, 9.17) is 11.6 Å². The summed E-state index contributed by atoms with van der Waals surface area (Å²) < 4.78 is 65.8. The molecule has 32 heavy (non-hydrogen) atoms. The van der Waals surface area contributed by atoms with E-state index in [1.54, 1.807) is 24.5 Å². The standard InChI is InChI=1S/C20H16ClF3N4O3S/c21-17-8-3-14(20(22,23)24)10-18(17)28-32(30,31)16-6-4-15(5-7-16)27-19(29)26-12-13-2-1-9-25-11-13/h1-11,28H,12H2,(H2,26,27,29). The molecule has 12 heteroatoms. The maximum atomic E-state index is 12.9. The van der Waals surface area contributed by atoms with Gasteiger partial charge in [0.25, 0.3) is 10.0 Å². The van der Waals surface area contributed by atoms with E-state index in [1.165, 1.54) is 24.3 Å². The van der Waals surface area contributed by atoms with Crippen LogP contribution in [0, 0.1) is 0 Å². The first-order valence-electron chi connectivity index (χ1n) is 8.98. The number of nitrogens with one attached hydrogen (secondary N) is 3. The lowest BCUT2D eigenvalue weighted by atomic mass is 10.2. The molecule has 168 valence electrons. The van der Waals surface area contributed by atoms with Gasteiger partial charge >= 0.3 is 12.2 Å². The fourth-order valence-electron chi connectivity index (χ4n) is 2.56. The fraction of sp³-hybridized carbons (Fsp3) is 0.100. The third kappa shape index (κ3) is 6.11. The second-order valence-corrected chi connectivity index (χ2v) is 8.58. The van der Waals surface area contributed by atoms with Crippen LogP contribution in [0.25, 0.3) is 0 Å². The number of amides is 2. The SMILES string of the molecule is O=C(NCc1cccnc1)Nc1ccc(S(=O)(=O)Nc2cc(C(F)(F)F)ccc2Cl)cc1. The van der Waals surface area contributed by atoms with Crippen LogP contribution in [0.2, 0.25) is 5.02 Å². The zero-order valence-corrected chi connectivity index (χ0v) is 17.7. The Morgan fingerprint density at radius 1 is 1.06 bits per heavy atom. The topological polar surface area (TPSA) is 100 Å². The molecule has 2 aromatic carbocycles. The Bertz CT molecular complexity index is 1210. The molecule has 0 saturated carbocycles. The number of urea groups is 1. The van der Waals surface area contributed by atoms with Gasteiger partial charge in [-0.2, -0.15) is 13.2 Å². The van der Waals surface area contributed by atoms with Gasteiger partial charge in [-0.3, -0.25) is 9.71 Å². The van der Waals surface area contributed by atoms with Crippen LogP contribution in [-0.4, -0.2) is 19.4 Å². The highest BCUT2D eigenvalue weighted by Gasteiger charge is 2.31. The first kappa shape index (κ1) is 23.4. The van der Waals surface area contributed by atoms with E-state index in [1.807, 2.05) is 4.72 Å². The van der Waals surface area contributed by atoms with Crippen LogP contribution in [0.4, 0.5) is 29.3 Å². The van der Waals surface area contributed by atoms with Crippen LogP contribution in [0.15, 0.2) is 71.9 Å². The van der Waals surface area contributed by atoms with Crippen molar-refractivity contribution in [2.75, 3.05) is 10.0 Å². The number of sulfonamides is 1. The van der Waals surface area contributed by atoms with Crippen LogP contribution in [-0.2, 0) is 22.7 Å². The highest BCUT2D eigenvalue weighted by Crippen LogP contribution is 2.34. The van der Waals surface area contributed by atoms with Crippen LogP contribution < -0.4 is 15.4 Å². The molecular weight excluding hydrogens is 469 g/mol. The molecule has 3 rings (SSSR count). The van der Waals surface area contributed by atoms with Gasteiger partial charge in [0.2, 0.25) is 0 Å². The van der Waals surface area contributed by atoms with Crippen molar-refractivity contribution in [3.8, 4) is 0 Å². The molecular formula is C20H16ClF3N4O3S. The summed E-state index contributed by atoms with van der Waals surface area (Å²) in [6.07, 6.45) is -1.45. The Morgan fingerprint density at radius 3 is 2.41 bits per heavy atom. The largest absolute Gasteiger partial charge is 0.416 e. The molecule has 2 amide bonds. The van der Waals surface area contributed by atoms with Crippen molar-refractivity contribution in [1.82, 2.24) is 10.3 Å². The number of nitrogens with zero attached hydrogens (tertiary/aromatic N) is 1. The number of pyridine rings is 1. The van der Waals surface area contributed by atoms with Crippen LogP contribution >= 0.6 is 11.6 Å². The lowest BCUT2D eigenvalue weighted by Crippen LogP contribution is -2.28. The zero-order valence-electron chi connectivity index (χ0n) is 16.2. The van der Waals surface area contributed by atoms with Crippen LogP contribution in [0.5, 0.6) is 0 Å². The molecule has 7 nitrogen and oxygen atoms in total. The third-order valence-electron chi connectivity index (χ3n) is 4.14. The second kappa shape index (κ2) is 9.45. The summed E-state index contributed by atoms with van der Waals surface area (Å²) in [5, 5.41) is 4.97. The van der Waals surface area contributed by atoms with Crippen LogP contribution in [0.1, 0.15) is 11.1 Å². The van der Waals surface area contributed by atoms with Crippen molar-refractivity contribution in [3.05, 3.63) is 83.1 Å². The summed E-state index contributed by atoms with van der Waals surface area (Å²) in [5.74, 6) is 0. The zero-order chi connectivity index (χ0) is 23.4. The van der Waals surface area contributed by atoms with E-state index in [-0.39, 0.29) is 16.5 Å².